The summed E-state index contributed by atoms with van der Waals surface area (Å²) in [5.41, 5.74) is 2.89. The molecule has 2 aromatic rings. The van der Waals surface area contributed by atoms with Crippen LogP contribution in [-0.4, -0.2) is 33.0 Å². The number of hydrogen-bond acceptors (Lipinski definition) is 5. The van der Waals surface area contributed by atoms with E-state index in [0.29, 0.717) is 19.4 Å². The summed E-state index contributed by atoms with van der Waals surface area (Å²) in [7, 11) is 0. The van der Waals surface area contributed by atoms with Crippen molar-refractivity contribution in [2.24, 2.45) is 5.41 Å². The molecule has 0 amide bonds. The number of aromatic nitrogens is 3. The Morgan fingerprint density at radius 2 is 1.86 bits per heavy atom. The van der Waals surface area contributed by atoms with Gasteiger partial charge in [0.25, 0.3) is 0 Å². The van der Waals surface area contributed by atoms with Crippen LogP contribution in [0.2, 0.25) is 0 Å². The van der Waals surface area contributed by atoms with Gasteiger partial charge in [-0.05, 0) is 57.4 Å². The lowest BCUT2D eigenvalue weighted by molar-refractivity contribution is -0.126. The third-order valence-electron chi connectivity index (χ3n) is 5.19. The van der Waals surface area contributed by atoms with Crippen molar-refractivity contribution in [3.05, 3.63) is 47.8 Å². The van der Waals surface area contributed by atoms with E-state index in [-0.39, 0.29) is 11.2 Å². The van der Waals surface area contributed by atoms with Gasteiger partial charge < -0.3 is 4.74 Å². The zero-order chi connectivity index (χ0) is 21.7. The van der Waals surface area contributed by atoms with Crippen LogP contribution in [0.1, 0.15) is 59.2 Å². The molecule has 0 spiro atoms. The molecule has 6 heteroatoms. The zero-order valence-corrected chi connectivity index (χ0v) is 18.2. The predicted molar refractivity (Wildman–Crippen MR) is 113 cm³/mol. The molecule has 0 saturated carbocycles. The quantitative estimate of drug-likeness (QED) is 0.583. The van der Waals surface area contributed by atoms with Gasteiger partial charge in [0.05, 0.1) is 29.2 Å². The lowest BCUT2D eigenvalue weighted by Crippen LogP contribution is -2.31. The van der Waals surface area contributed by atoms with Gasteiger partial charge in [-0.2, -0.15) is 5.26 Å². The highest BCUT2D eigenvalue weighted by molar-refractivity contribution is 5.81. The first-order valence-electron chi connectivity index (χ1n) is 9.77. The largest absolute Gasteiger partial charge is 0.375 e. The van der Waals surface area contributed by atoms with Crippen molar-refractivity contribution in [2.45, 2.75) is 60.0 Å². The minimum absolute atomic E-state index is 0.172. The van der Waals surface area contributed by atoms with Crippen molar-refractivity contribution in [1.82, 2.24) is 15.0 Å². The summed E-state index contributed by atoms with van der Waals surface area (Å²) in [5.74, 6) is 0.172. The highest BCUT2D eigenvalue weighted by Gasteiger charge is 2.26. The molecule has 0 aliphatic carbocycles. The number of ether oxygens (including phenoxy) is 1. The molecule has 0 N–H and O–H groups in total. The van der Waals surface area contributed by atoms with Crippen LogP contribution < -0.4 is 0 Å². The number of allylic oxidation sites excluding steroid dienone is 2. The predicted octanol–water partition coefficient (Wildman–Crippen LogP) is 4.54. The third kappa shape index (κ3) is 6.37. The molecule has 1 aromatic carbocycles. The molecular formula is C23H30N4O2. The monoisotopic (exact) mass is 394 g/mol. The number of carbonyl (C=O) groups is 1. The number of ketones is 1. The van der Waals surface area contributed by atoms with Crippen molar-refractivity contribution in [2.75, 3.05) is 6.61 Å². The molecule has 0 radical (unpaired) electrons. The molecule has 1 aromatic heterocycles. The van der Waals surface area contributed by atoms with Crippen molar-refractivity contribution < 1.29 is 9.53 Å². The first-order valence-corrected chi connectivity index (χ1v) is 9.77. The molecule has 0 unspecified atom stereocenters. The lowest BCUT2D eigenvalue weighted by atomic mass is 9.86. The summed E-state index contributed by atoms with van der Waals surface area (Å²) >= 11 is 0. The Kier molecular flexibility index (Phi) is 7.10. The number of rotatable bonds is 9. The van der Waals surface area contributed by atoms with E-state index in [1.54, 1.807) is 11.6 Å². The molecule has 2 rings (SSSR count). The van der Waals surface area contributed by atoms with E-state index in [4.69, 9.17) is 10.00 Å². The molecule has 0 fully saturated rings. The van der Waals surface area contributed by atoms with Gasteiger partial charge in [0.2, 0.25) is 0 Å². The number of benzene rings is 1. The molecule has 0 bridgehead atoms. The Hall–Kier alpha value is -2.78. The Bertz CT molecular complexity index is 915. The molecule has 1 heterocycles. The Morgan fingerprint density at radius 3 is 2.45 bits per heavy atom. The van der Waals surface area contributed by atoms with Gasteiger partial charge in [0.15, 0.2) is 0 Å². The second-order valence-corrected chi connectivity index (χ2v) is 8.63. The van der Waals surface area contributed by atoms with Gasteiger partial charge in [-0.15, -0.1) is 5.10 Å². The molecular weight excluding hydrogens is 364 g/mol. The van der Waals surface area contributed by atoms with Gasteiger partial charge in [0, 0.05) is 24.5 Å². The van der Waals surface area contributed by atoms with Crippen molar-refractivity contribution in [3.8, 4) is 11.8 Å². The number of hydrogen-bond donors (Lipinski definition) is 0. The minimum Gasteiger partial charge on any atom is -0.375 e. The number of nitrogens with zero attached hydrogens (tertiary/aromatic N) is 4. The van der Waals surface area contributed by atoms with Crippen LogP contribution in [-0.2, 0) is 16.0 Å². The third-order valence-corrected chi connectivity index (χ3v) is 5.19. The molecule has 154 valence electrons. The van der Waals surface area contributed by atoms with E-state index >= 15 is 0 Å². The Labute approximate surface area is 173 Å². The molecule has 0 aliphatic heterocycles. The second kappa shape index (κ2) is 9.15. The fourth-order valence-electron chi connectivity index (χ4n) is 2.81. The van der Waals surface area contributed by atoms with Crippen LogP contribution in [0.25, 0.3) is 11.3 Å². The van der Waals surface area contributed by atoms with E-state index in [0.717, 1.165) is 22.5 Å². The van der Waals surface area contributed by atoms with E-state index in [2.05, 4.69) is 10.3 Å². The summed E-state index contributed by atoms with van der Waals surface area (Å²) in [6.45, 7) is 12.0. The van der Waals surface area contributed by atoms with E-state index in [9.17, 15) is 4.79 Å². The molecule has 6 nitrogen and oxygen atoms in total. The van der Waals surface area contributed by atoms with E-state index in [1.807, 2.05) is 71.2 Å². The highest BCUT2D eigenvalue weighted by Crippen LogP contribution is 2.24. The molecule has 29 heavy (non-hydrogen) atoms. The van der Waals surface area contributed by atoms with Gasteiger partial charge in [-0.25, -0.2) is 4.68 Å². The lowest BCUT2D eigenvalue weighted by Gasteiger charge is -2.27. The maximum Gasteiger partial charge on any atom is 0.135 e. The minimum atomic E-state index is -0.406. The van der Waals surface area contributed by atoms with Crippen molar-refractivity contribution >= 4 is 11.4 Å². The van der Waals surface area contributed by atoms with Gasteiger partial charge in [0.1, 0.15) is 5.78 Å². The SMILES string of the molecule is CC(=O)C(C)(C)CCOC(C)(C)Cc1cn(-c2ccc(/C(C)=C\C#N)cc2)nn1. The summed E-state index contributed by atoms with van der Waals surface area (Å²) < 4.78 is 7.77. The summed E-state index contributed by atoms with van der Waals surface area (Å²) in [6.07, 6.45) is 4.74. The number of carbonyl (C=O) groups excluding carboxylic acids is 1. The molecule has 0 atom stereocenters. The summed E-state index contributed by atoms with van der Waals surface area (Å²) in [5, 5.41) is 17.3. The topological polar surface area (TPSA) is 80.8 Å². The molecule has 0 aliphatic rings. The maximum absolute atomic E-state index is 11.6. The van der Waals surface area contributed by atoms with E-state index < -0.39 is 5.60 Å². The summed E-state index contributed by atoms with van der Waals surface area (Å²) in [6, 6.07) is 9.88. The first kappa shape index (κ1) is 22.5. The number of Topliss-reactive ketones (excluding diaryl/α,β-unsaturated/α-hetero) is 1. The normalized spacial score (nSPS) is 12.7. The maximum atomic E-state index is 11.6. The van der Waals surface area contributed by atoms with E-state index in [1.165, 1.54) is 6.08 Å². The second-order valence-electron chi connectivity index (χ2n) is 8.63. The van der Waals surface area contributed by atoms with Crippen LogP contribution >= 0.6 is 0 Å². The van der Waals surface area contributed by atoms with Crippen LogP contribution in [0.3, 0.4) is 0 Å². The Balaban J connectivity index is 2.00. The Morgan fingerprint density at radius 1 is 1.21 bits per heavy atom. The van der Waals surface area contributed by atoms with Gasteiger partial charge >= 0.3 is 0 Å². The fourth-order valence-corrected chi connectivity index (χ4v) is 2.81. The van der Waals surface area contributed by atoms with Gasteiger partial charge in [-0.3, -0.25) is 4.79 Å². The van der Waals surface area contributed by atoms with Crippen LogP contribution in [0, 0.1) is 16.7 Å². The van der Waals surface area contributed by atoms with Crippen LogP contribution in [0.5, 0.6) is 0 Å². The van der Waals surface area contributed by atoms with Gasteiger partial charge in [-0.1, -0.05) is 31.2 Å². The zero-order valence-electron chi connectivity index (χ0n) is 18.2. The van der Waals surface area contributed by atoms with Crippen molar-refractivity contribution in [1.29, 1.82) is 5.26 Å². The average molecular weight is 395 g/mol. The standard InChI is InChI=1S/C23H30N4O2/c1-17(11-13-24)19-7-9-21(10-8-19)27-16-20(25-26-27)15-23(5,6)29-14-12-22(3,4)18(2)28/h7-11,16H,12,14-15H2,1-6H3/b17-11-. The fraction of sp³-hybridized carbons (Fsp3) is 0.478. The highest BCUT2D eigenvalue weighted by atomic mass is 16.5. The van der Waals surface area contributed by atoms with Crippen LogP contribution in [0.4, 0.5) is 0 Å². The average Bonchev–Trinajstić information content (AvgIpc) is 3.09. The summed E-state index contributed by atoms with van der Waals surface area (Å²) in [4.78, 5) is 11.6. The van der Waals surface area contributed by atoms with Crippen LogP contribution in [0.15, 0.2) is 36.5 Å². The van der Waals surface area contributed by atoms with Crippen molar-refractivity contribution in [3.63, 3.8) is 0 Å². The number of nitriles is 1. The molecule has 0 saturated heterocycles. The smallest absolute Gasteiger partial charge is 0.135 e. The first-order chi connectivity index (χ1) is 13.5.